The van der Waals surface area contributed by atoms with Gasteiger partial charge < -0.3 is 20.7 Å². The zero-order chi connectivity index (χ0) is 22.7. The fourth-order valence-corrected chi connectivity index (χ4v) is 6.02. The molecular weight excluding hydrogens is 430 g/mol. The summed E-state index contributed by atoms with van der Waals surface area (Å²) in [5.74, 6) is 0.679. The number of para-hydroxylation sites is 1. The maximum atomic E-state index is 13.6. The van der Waals surface area contributed by atoms with E-state index in [-0.39, 0.29) is 17.6 Å². The highest BCUT2D eigenvalue weighted by atomic mass is 32.1. The van der Waals surface area contributed by atoms with Crippen LogP contribution in [0.25, 0.3) is 0 Å². The van der Waals surface area contributed by atoms with E-state index in [1.54, 1.807) is 11.3 Å². The van der Waals surface area contributed by atoms with Crippen LogP contribution in [0, 0.1) is 0 Å². The number of fused-ring (bicyclic) bond motifs is 2. The molecule has 172 valence electrons. The monoisotopic (exact) mass is 461 g/mol. The maximum Gasteiger partial charge on any atom is 0.257 e. The van der Waals surface area contributed by atoms with Crippen molar-refractivity contribution in [1.29, 1.82) is 0 Å². The van der Waals surface area contributed by atoms with Crippen LogP contribution in [-0.2, 0) is 12.0 Å². The summed E-state index contributed by atoms with van der Waals surface area (Å²) in [6.45, 7) is 2.98. The minimum Gasteiger partial charge on any atom is -0.484 e. The highest BCUT2D eigenvalue weighted by Gasteiger charge is 2.40. The molecule has 2 aliphatic heterocycles. The summed E-state index contributed by atoms with van der Waals surface area (Å²) in [5.41, 5.74) is 9.31. The van der Waals surface area contributed by atoms with Crippen LogP contribution in [0.3, 0.4) is 0 Å². The first-order valence-electron chi connectivity index (χ1n) is 11.8. The van der Waals surface area contributed by atoms with Crippen LogP contribution in [-0.4, -0.2) is 37.0 Å². The Morgan fingerprint density at radius 2 is 1.88 bits per heavy atom. The summed E-state index contributed by atoms with van der Waals surface area (Å²) in [4.78, 5) is 16.7. The van der Waals surface area contributed by atoms with Gasteiger partial charge in [-0.2, -0.15) is 0 Å². The van der Waals surface area contributed by atoms with Crippen molar-refractivity contribution in [3.8, 4) is 5.75 Å². The average Bonchev–Trinajstić information content (AvgIpc) is 3.40. The minimum atomic E-state index is -0.142. The minimum absolute atomic E-state index is 0.0208. The first-order chi connectivity index (χ1) is 16.2. The fourth-order valence-electron chi connectivity index (χ4n) is 5.23. The Morgan fingerprint density at radius 1 is 1.09 bits per heavy atom. The Labute approximate surface area is 199 Å². The number of hydrogen-bond acceptors (Lipinski definition) is 5. The van der Waals surface area contributed by atoms with Gasteiger partial charge in [0.15, 0.2) is 0 Å². The van der Waals surface area contributed by atoms with Gasteiger partial charge in [-0.05, 0) is 60.5 Å². The number of likely N-dealkylation sites (tertiary alicyclic amines) is 1. The molecule has 1 aromatic heterocycles. The van der Waals surface area contributed by atoms with Crippen molar-refractivity contribution in [1.82, 2.24) is 10.2 Å². The molecule has 33 heavy (non-hydrogen) atoms. The summed E-state index contributed by atoms with van der Waals surface area (Å²) in [5, 5.41) is 5.83. The molecule has 1 fully saturated rings. The van der Waals surface area contributed by atoms with Gasteiger partial charge in [0.1, 0.15) is 11.9 Å². The summed E-state index contributed by atoms with van der Waals surface area (Å²) >= 11 is 1.66. The molecule has 3 aromatic rings. The van der Waals surface area contributed by atoms with E-state index < -0.39 is 0 Å². The molecule has 3 heterocycles. The van der Waals surface area contributed by atoms with E-state index in [4.69, 9.17) is 10.5 Å². The van der Waals surface area contributed by atoms with Gasteiger partial charge in [0, 0.05) is 36.5 Å². The molecular formula is C27H31N3O2S. The fraction of sp³-hybridized carbons (Fsp3) is 0.370. The lowest BCUT2D eigenvalue weighted by Crippen LogP contribution is -2.55. The number of rotatable bonds is 6. The molecule has 2 aliphatic rings. The van der Waals surface area contributed by atoms with Crippen molar-refractivity contribution in [3.63, 3.8) is 0 Å². The molecule has 1 spiro atoms. The number of piperidine rings is 1. The lowest BCUT2D eigenvalue weighted by molar-refractivity contribution is 0.0623. The van der Waals surface area contributed by atoms with E-state index in [1.807, 2.05) is 40.6 Å². The zero-order valence-corrected chi connectivity index (χ0v) is 19.7. The lowest BCUT2D eigenvalue weighted by Gasteiger charge is -2.46. The molecule has 6 heteroatoms. The van der Waals surface area contributed by atoms with E-state index in [0.717, 1.165) is 43.8 Å². The summed E-state index contributed by atoms with van der Waals surface area (Å²) in [6, 6.07) is 20.4. The Bertz CT molecular complexity index is 1090. The van der Waals surface area contributed by atoms with Gasteiger partial charge in [-0.3, -0.25) is 4.79 Å². The lowest BCUT2D eigenvalue weighted by atomic mass is 9.76. The van der Waals surface area contributed by atoms with E-state index in [1.165, 1.54) is 11.1 Å². The number of ether oxygens (including phenoxy) is 1. The van der Waals surface area contributed by atoms with Gasteiger partial charge in [0.05, 0.1) is 5.56 Å². The molecule has 3 N–H and O–H groups in total. The summed E-state index contributed by atoms with van der Waals surface area (Å²) < 4.78 is 6.37. The number of benzene rings is 2. The number of carbonyl (C=O) groups excluding carboxylic acids is 1. The van der Waals surface area contributed by atoms with Crippen molar-refractivity contribution in [2.45, 2.75) is 37.3 Å². The third-order valence-electron chi connectivity index (χ3n) is 6.97. The summed E-state index contributed by atoms with van der Waals surface area (Å²) in [7, 11) is 0. The zero-order valence-electron chi connectivity index (χ0n) is 18.8. The molecule has 5 nitrogen and oxygen atoms in total. The molecule has 0 bridgehead atoms. The molecule has 0 saturated carbocycles. The van der Waals surface area contributed by atoms with E-state index >= 15 is 0 Å². The van der Waals surface area contributed by atoms with E-state index in [0.29, 0.717) is 24.3 Å². The first kappa shape index (κ1) is 22.1. The van der Waals surface area contributed by atoms with Crippen LogP contribution in [0.15, 0.2) is 66.0 Å². The van der Waals surface area contributed by atoms with Gasteiger partial charge in [-0.1, -0.05) is 42.5 Å². The third-order valence-corrected chi connectivity index (χ3v) is 7.94. The number of amides is 1. The van der Waals surface area contributed by atoms with Gasteiger partial charge in [-0.15, -0.1) is 11.3 Å². The molecule has 2 aromatic carbocycles. The van der Waals surface area contributed by atoms with Gasteiger partial charge in [0.2, 0.25) is 0 Å². The summed E-state index contributed by atoms with van der Waals surface area (Å²) in [6.07, 6.45) is 3.48. The predicted octanol–water partition coefficient (Wildman–Crippen LogP) is 4.49. The molecule has 1 saturated heterocycles. The van der Waals surface area contributed by atoms with E-state index in [9.17, 15) is 4.79 Å². The van der Waals surface area contributed by atoms with Crippen molar-refractivity contribution in [2.75, 3.05) is 26.2 Å². The largest absolute Gasteiger partial charge is 0.484 e. The van der Waals surface area contributed by atoms with Crippen molar-refractivity contribution >= 4 is 17.2 Å². The highest BCUT2D eigenvalue weighted by Crippen LogP contribution is 2.38. The highest BCUT2D eigenvalue weighted by molar-refractivity contribution is 7.10. The Balaban J connectivity index is 1.33. The quantitative estimate of drug-likeness (QED) is 0.567. The second-order valence-corrected chi connectivity index (χ2v) is 9.88. The van der Waals surface area contributed by atoms with Crippen LogP contribution in [0.2, 0.25) is 0 Å². The van der Waals surface area contributed by atoms with Crippen LogP contribution >= 0.6 is 11.3 Å². The number of nitrogens with two attached hydrogens (primary N) is 1. The Kier molecular flexibility index (Phi) is 6.49. The molecule has 1 amide bonds. The molecule has 5 rings (SSSR count). The molecule has 0 aliphatic carbocycles. The van der Waals surface area contributed by atoms with Crippen LogP contribution in [0.5, 0.6) is 5.75 Å². The average molecular weight is 462 g/mol. The Morgan fingerprint density at radius 3 is 2.67 bits per heavy atom. The van der Waals surface area contributed by atoms with E-state index in [2.05, 4.69) is 35.6 Å². The number of carbonyl (C=O) groups is 1. The number of hydrogen-bond donors (Lipinski definition) is 2. The Hall–Kier alpha value is -2.67. The predicted molar refractivity (Wildman–Crippen MR) is 133 cm³/mol. The smallest absolute Gasteiger partial charge is 0.257 e. The molecule has 0 radical (unpaired) electrons. The third kappa shape index (κ3) is 4.43. The normalized spacial score (nSPS) is 18.0. The SMILES string of the molecule is NCCC(Oc1ccccc1C(=O)N1CCC2(CC1)NCCc1ccccc12)c1cccs1. The topological polar surface area (TPSA) is 67.6 Å². The second kappa shape index (κ2) is 9.67. The number of nitrogens with one attached hydrogen (secondary N) is 1. The van der Waals surface area contributed by atoms with Gasteiger partial charge in [0.25, 0.3) is 5.91 Å². The van der Waals surface area contributed by atoms with Crippen LogP contribution < -0.4 is 15.8 Å². The molecule has 1 atom stereocenters. The van der Waals surface area contributed by atoms with Gasteiger partial charge >= 0.3 is 0 Å². The van der Waals surface area contributed by atoms with Crippen LogP contribution in [0.1, 0.15) is 51.7 Å². The van der Waals surface area contributed by atoms with Crippen molar-refractivity contribution < 1.29 is 9.53 Å². The maximum absolute atomic E-state index is 13.6. The van der Waals surface area contributed by atoms with Gasteiger partial charge in [-0.25, -0.2) is 0 Å². The van der Waals surface area contributed by atoms with Crippen LogP contribution in [0.4, 0.5) is 0 Å². The molecule has 1 unspecified atom stereocenters. The number of nitrogens with zero attached hydrogens (tertiary/aromatic N) is 1. The standard InChI is InChI=1S/C27H31N3O2S/c28-15-11-24(25-10-5-19-33-25)32-23-9-4-2-7-21(23)26(31)30-17-13-27(14-18-30)22-8-3-1-6-20(22)12-16-29-27/h1-10,19,24,29H,11-18,28H2. The first-order valence-corrected chi connectivity index (χ1v) is 12.7. The second-order valence-electron chi connectivity index (χ2n) is 8.90. The van der Waals surface area contributed by atoms with Crippen molar-refractivity contribution in [3.05, 3.63) is 87.6 Å². The van der Waals surface area contributed by atoms with Crippen molar-refractivity contribution in [2.24, 2.45) is 5.73 Å². The number of thiophene rings is 1.